The maximum atomic E-state index is 2.47. The van der Waals surface area contributed by atoms with Crippen molar-refractivity contribution in [3.05, 3.63) is 125 Å². The van der Waals surface area contributed by atoms with Crippen molar-refractivity contribution in [1.29, 1.82) is 0 Å². The van der Waals surface area contributed by atoms with Crippen LogP contribution in [0.4, 0.5) is 0 Å². The second-order valence-corrected chi connectivity index (χ2v) is 11.0. The van der Waals surface area contributed by atoms with E-state index in [2.05, 4.69) is 125 Å². The Morgan fingerprint density at radius 3 is 2.08 bits per heavy atom. The minimum Gasteiger partial charge on any atom is -1.00 e. The van der Waals surface area contributed by atoms with Crippen LogP contribution in [0.1, 0.15) is 55.9 Å². The first-order chi connectivity index (χ1) is 16.4. The molecule has 2 aliphatic carbocycles. The zero-order chi connectivity index (χ0) is 23.4. The van der Waals surface area contributed by atoms with Crippen molar-refractivity contribution in [2.24, 2.45) is 11.3 Å². The molecule has 0 saturated carbocycles. The summed E-state index contributed by atoms with van der Waals surface area (Å²) in [4.78, 5) is 0. The largest absolute Gasteiger partial charge is 2.00 e. The molecule has 0 heterocycles. The minimum atomic E-state index is 0. The summed E-state index contributed by atoms with van der Waals surface area (Å²) in [6, 6.07) is 31.6. The molecule has 0 aliphatic heterocycles. The minimum absolute atomic E-state index is 0. The van der Waals surface area contributed by atoms with Crippen LogP contribution in [0.2, 0.25) is 0 Å². The number of fused-ring (bicyclic) bond motifs is 4. The van der Waals surface area contributed by atoms with E-state index in [9.17, 15) is 0 Å². The van der Waals surface area contributed by atoms with E-state index >= 15 is 0 Å². The Labute approximate surface area is 253 Å². The van der Waals surface area contributed by atoms with E-state index in [0.29, 0.717) is 11.8 Å². The molecule has 4 aromatic rings. The van der Waals surface area contributed by atoms with E-state index in [4.69, 9.17) is 0 Å². The molecule has 0 saturated heterocycles. The number of benzene rings is 4. The second kappa shape index (κ2) is 11.4. The van der Waals surface area contributed by atoms with Crippen molar-refractivity contribution in [3.63, 3.8) is 0 Å². The summed E-state index contributed by atoms with van der Waals surface area (Å²) in [5, 5.41) is 2.70. The summed E-state index contributed by atoms with van der Waals surface area (Å²) in [6.45, 7) is 9.31. The van der Waals surface area contributed by atoms with Crippen molar-refractivity contribution in [1.82, 2.24) is 0 Å². The van der Waals surface area contributed by atoms with Crippen LogP contribution in [0.25, 0.3) is 27.5 Å². The van der Waals surface area contributed by atoms with Crippen molar-refractivity contribution in [2.45, 2.75) is 40.0 Å². The van der Waals surface area contributed by atoms with Crippen LogP contribution in [0.5, 0.6) is 0 Å². The Hall–Kier alpha value is -1.92. The van der Waals surface area contributed by atoms with Gasteiger partial charge in [-0.3, -0.25) is 0 Å². The maximum absolute atomic E-state index is 2.47. The van der Waals surface area contributed by atoms with Crippen LogP contribution in [0.3, 0.4) is 0 Å². The first kappa shape index (κ1) is 29.6. The van der Waals surface area contributed by atoms with Gasteiger partial charge in [0.15, 0.2) is 0 Å². The zero-order valence-corrected chi connectivity index (χ0v) is 25.8. The first-order valence-corrected chi connectivity index (χ1v) is 12.5. The number of hydrogen-bond acceptors (Lipinski definition) is 0. The van der Waals surface area contributed by atoms with E-state index in [-0.39, 0.29) is 56.4 Å². The van der Waals surface area contributed by atoms with Crippen LogP contribution in [0, 0.1) is 11.3 Å². The third kappa shape index (κ3) is 5.21. The molecule has 0 radical (unpaired) electrons. The number of halogens is 2. The van der Waals surface area contributed by atoms with Gasteiger partial charge in [0.2, 0.25) is 0 Å². The van der Waals surface area contributed by atoms with E-state index in [0.717, 1.165) is 6.42 Å². The van der Waals surface area contributed by atoms with E-state index in [1.165, 1.54) is 55.3 Å². The molecule has 4 aromatic carbocycles. The van der Waals surface area contributed by atoms with Crippen molar-refractivity contribution < 1.29 is 51.0 Å². The van der Waals surface area contributed by atoms with Gasteiger partial charge < -0.3 is 24.8 Å². The van der Waals surface area contributed by atoms with Crippen LogP contribution >= 0.6 is 0 Å². The molecular weight excluding hydrogens is 571 g/mol. The molecule has 2 unspecified atom stereocenters. The van der Waals surface area contributed by atoms with Crippen LogP contribution in [-0.2, 0) is 32.6 Å². The Balaban J connectivity index is 0.00000127. The standard InChI is InChI=1S/C34H32.2ClH.Zr/c1-22-19-25(34(2,3)4)21-31(22)30-18-10-17-29-27-15-7-8-16-28(27)32(33(29)30)20-24-13-9-12-23-11-5-6-14-26(23)24;;;/h5-19,21-22,32H,20H2,1-4H3;2*1H;/q;;;+2/p-2. The van der Waals surface area contributed by atoms with Crippen molar-refractivity contribution in [2.75, 3.05) is 0 Å². The molecule has 3 heteroatoms. The predicted octanol–water partition coefficient (Wildman–Crippen LogP) is 3.21. The average molecular weight is 603 g/mol. The number of allylic oxidation sites excluding steroid dienone is 4. The molecule has 0 aromatic heterocycles. The molecule has 0 nitrogen and oxygen atoms in total. The fourth-order valence-corrected chi connectivity index (χ4v) is 6.03. The molecule has 186 valence electrons. The summed E-state index contributed by atoms with van der Waals surface area (Å²) >= 11 is 0. The summed E-state index contributed by atoms with van der Waals surface area (Å²) in [5.41, 5.74) is 11.7. The molecule has 2 aliphatic rings. The molecular formula is C34H32Cl2Zr. The summed E-state index contributed by atoms with van der Waals surface area (Å²) in [7, 11) is 0. The molecule has 0 fully saturated rings. The number of rotatable bonds is 3. The van der Waals surface area contributed by atoms with Gasteiger partial charge in [-0.25, -0.2) is 0 Å². The fraction of sp³-hybridized carbons (Fsp3) is 0.235. The smallest absolute Gasteiger partial charge is 1.00 e. The van der Waals surface area contributed by atoms with Crippen LogP contribution in [-0.4, -0.2) is 0 Å². The summed E-state index contributed by atoms with van der Waals surface area (Å²) in [6.07, 6.45) is 5.96. The van der Waals surface area contributed by atoms with Crippen LogP contribution < -0.4 is 24.8 Å². The van der Waals surface area contributed by atoms with Gasteiger partial charge in [-0.2, -0.15) is 0 Å². The Kier molecular flexibility index (Phi) is 9.17. The van der Waals surface area contributed by atoms with Crippen molar-refractivity contribution in [3.8, 4) is 11.1 Å². The molecule has 0 spiro atoms. The van der Waals surface area contributed by atoms with E-state index in [1.54, 1.807) is 0 Å². The zero-order valence-electron chi connectivity index (χ0n) is 21.9. The molecule has 0 bridgehead atoms. The van der Waals surface area contributed by atoms with Crippen LogP contribution in [0.15, 0.2) is 103 Å². The quantitative estimate of drug-likeness (QED) is 0.338. The Bertz CT molecular complexity index is 1480. The van der Waals surface area contributed by atoms with Crippen molar-refractivity contribution >= 4 is 16.3 Å². The summed E-state index contributed by atoms with van der Waals surface area (Å²) in [5.74, 6) is 0.794. The molecule has 6 rings (SSSR count). The fourth-order valence-electron chi connectivity index (χ4n) is 6.03. The topological polar surface area (TPSA) is 0 Å². The molecule has 0 N–H and O–H groups in total. The van der Waals surface area contributed by atoms with E-state index < -0.39 is 0 Å². The Morgan fingerprint density at radius 1 is 0.703 bits per heavy atom. The average Bonchev–Trinajstić information content (AvgIpc) is 3.38. The normalized spacial score (nSPS) is 17.5. The maximum Gasteiger partial charge on any atom is 2.00 e. The van der Waals surface area contributed by atoms with Gasteiger partial charge in [-0.05, 0) is 67.1 Å². The van der Waals surface area contributed by atoms with Gasteiger partial charge in [0.05, 0.1) is 0 Å². The molecule has 2 atom stereocenters. The third-order valence-corrected chi connectivity index (χ3v) is 7.79. The third-order valence-electron chi connectivity index (χ3n) is 7.79. The second-order valence-electron chi connectivity index (χ2n) is 11.0. The van der Waals surface area contributed by atoms with Gasteiger partial charge in [0.1, 0.15) is 0 Å². The first-order valence-electron chi connectivity index (χ1n) is 12.5. The SMILES string of the molecule is CC1C=C(C(C)(C)C)C=C1c1cccc2c1C(Cc1cccc3ccccc13)c1ccccc1-2.[Cl-].[Cl-].[Zr+2]. The van der Waals surface area contributed by atoms with Gasteiger partial charge in [-0.15, -0.1) is 0 Å². The number of hydrogen-bond donors (Lipinski definition) is 0. The van der Waals surface area contributed by atoms with E-state index in [1.807, 2.05) is 0 Å². The predicted molar refractivity (Wildman–Crippen MR) is 146 cm³/mol. The summed E-state index contributed by atoms with van der Waals surface area (Å²) < 4.78 is 0. The van der Waals surface area contributed by atoms with Gasteiger partial charge >= 0.3 is 26.2 Å². The van der Waals surface area contributed by atoms with Gasteiger partial charge in [-0.1, -0.05) is 125 Å². The molecule has 0 amide bonds. The van der Waals surface area contributed by atoms with Gasteiger partial charge in [0, 0.05) is 11.8 Å². The van der Waals surface area contributed by atoms with Gasteiger partial charge in [0.25, 0.3) is 0 Å². The molecule has 37 heavy (non-hydrogen) atoms. The Morgan fingerprint density at radius 2 is 1.32 bits per heavy atom. The monoisotopic (exact) mass is 600 g/mol.